The molecule has 6 nitrogen and oxygen atoms in total. The maximum absolute atomic E-state index is 12.6. The SMILES string of the molecule is Cc1nc([C@@H]2CCN(C3CCOCC3)C2)ncc1C(=O)Nc1ccc(Cl)cc1. The van der Waals surface area contributed by atoms with Crippen LogP contribution in [0.2, 0.25) is 5.02 Å². The first kappa shape index (κ1) is 19.3. The number of halogens is 1. The van der Waals surface area contributed by atoms with Gasteiger partial charge in [0.05, 0.1) is 11.3 Å². The fourth-order valence-electron chi connectivity index (χ4n) is 4.02. The molecule has 2 fully saturated rings. The first-order valence-electron chi connectivity index (χ1n) is 9.82. The van der Waals surface area contributed by atoms with Gasteiger partial charge in [0.1, 0.15) is 5.82 Å². The van der Waals surface area contributed by atoms with Gasteiger partial charge in [-0.15, -0.1) is 0 Å². The predicted molar refractivity (Wildman–Crippen MR) is 109 cm³/mol. The zero-order chi connectivity index (χ0) is 19.5. The van der Waals surface area contributed by atoms with E-state index in [1.807, 2.05) is 6.92 Å². The number of amides is 1. The van der Waals surface area contributed by atoms with Gasteiger partial charge in [0.25, 0.3) is 5.91 Å². The van der Waals surface area contributed by atoms with Gasteiger partial charge in [-0.2, -0.15) is 0 Å². The average Bonchev–Trinajstić information content (AvgIpc) is 3.20. The lowest BCUT2D eigenvalue weighted by Gasteiger charge is -2.30. The van der Waals surface area contributed by atoms with Gasteiger partial charge in [-0.05, 0) is 57.0 Å². The molecule has 28 heavy (non-hydrogen) atoms. The highest BCUT2D eigenvalue weighted by Crippen LogP contribution is 2.29. The standard InChI is InChI=1S/C21H25ClN4O2/c1-14-19(21(27)25-17-4-2-16(22)3-5-17)12-23-20(24-14)15-6-9-26(13-15)18-7-10-28-11-8-18/h2-5,12,15,18H,6-11,13H2,1H3,(H,25,27)/t15-/m1/s1. The van der Waals surface area contributed by atoms with Crippen molar-refractivity contribution in [2.75, 3.05) is 31.6 Å². The van der Waals surface area contributed by atoms with Crippen molar-refractivity contribution in [1.82, 2.24) is 14.9 Å². The monoisotopic (exact) mass is 400 g/mol. The Labute approximate surface area is 170 Å². The van der Waals surface area contributed by atoms with E-state index in [4.69, 9.17) is 16.3 Å². The summed E-state index contributed by atoms with van der Waals surface area (Å²) in [5.74, 6) is 0.964. The summed E-state index contributed by atoms with van der Waals surface area (Å²) in [5.41, 5.74) is 1.90. The number of hydrogen-bond donors (Lipinski definition) is 1. The fourth-order valence-corrected chi connectivity index (χ4v) is 4.14. The largest absolute Gasteiger partial charge is 0.381 e. The molecule has 4 rings (SSSR count). The van der Waals surface area contributed by atoms with Crippen LogP contribution in [0.25, 0.3) is 0 Å². The van der Waals surface area contributed by atoms with E-state index < -0.39 is 0 Å². The summed E-state index contributed by atoms with van der Waals surface area (Å²) >= 11 is 5.89. The number of aromatic nitrogens is 2. The van der Waals surface area contributed by atoms with Gasteiger partial charge in [0.2, 0.25) is 0 Å². The number of likely N-dealkylation sites (tertiary alicyclic amines) is 1. The molecule has 0 spiro atoms. The Hall–Kier alpha value is -2.02. The van der Waals surface area contributed by atoms with Crippen LogP contribution in [0.3, 0.4) is 0 Å². The molecular weight excluding hydrogens is 376 g/mol. The molecule has 1 N–H and O–H groups in total. The Bertz CT molecular complexity index is 837. The van der Waals surface area contributed by atoms with E-state index in [-0.39, 0.29) is 5.91 Å². The van der Waals surface area contributed by atoms with E-state index in [0.717, 1.165) is 51.4 Å². The summed E-state index contributed by atoms with van der Waals surface area (Å²) in [7, 11) is 0. The average molecular weight is 401 g/mol. The Balaban J connectivity index is 1.41. The summed E-state index contributed by atoms with van der Waals surface area (Å²) < 4.78 is 5.47. The van der Waals surface area contributed by atoms with Crippen molar-refractivity contribution in [3.05, 3.63) is 52.6 Å². The van der Waals surface area contributed by atoms with E-state index >= 15 is 0 Å². The van der Waals surface area contributed by atoms with Gasteiger partial charge in [-0.25, -0.2) is 9.97 Å². The van der Waals surface area contributed by atoms with Crippen LogP contribution in [0, 0.1) is 6.92 Å². The van der Waals surface area contributed by atoms with E-state index in [0.29, 0.717) is 33.9 Å². The van der Waals surface area contributed by atoms with E-state index in [9.17, 15) is 4.79 Å². The van der Waals surface area contributed by atoms with Crippen LogP contribution < -0.4 is 5.32 Å². The molecule has 2 aliphatic heterocycles. The number of nitrogens with zero attached hydrogens (tertiary/aromatic N) is 3. The minimum atomic E-state index is -0.207. The lowest BCUT2D eigenvalue weighted by atomic mass is 10.1. The quantitative estimate of drug-likeness (QED) is 0.848. The highest BCUT2D eigenvalue weighted by molar-refractivity contribution is 6.30. The smallest absolute Gasteiger partial charge is 0.259 e. The minimum Gasteiger partial charge on any atom is -0.381 e. The van der Waals surface area contributed by atoms with Gasteiger partial charge in [0.15, 0.2) is 0 Å². The molecule has 1 amide bonds. The van der Waals surface area contributed by atoms with E-state index in [1.165, 1.54) is 0 Å². The molecule has 148 valence electrons. The molecule has 1 aromatic carbocycles. The van der Waals surface area contributed by atoms with Crippen LogP contribution in [-0.2, 0) is 4.74 Å². The summed E-state index contributed by atoms with van der Waals surface area (Å²) in [4.78, 5) is 24.3. The molecule has 2 aliphatic rings. The summed E-state index contributed by atoms with van der Waals surface area (Å²) in [6, 6.07) is 7.65. The Kier molecular flexibility index (Phi) is 5.90. The van der Waals surface area contributed by atoms with Crippen molar-refractivity contribution in [1.29, 1.82) is 0 Å². The first-order chi connectivity index (χ1) is 13.6. The molecule has 0 unspecified atom stereocenters. The number of nitrogens with one attached hydrogen (secondary N) is 1. The molecule has 1 atom stereocenters. The van der Waals surface area contributed by atoms with E-state index in [2.05, 4.69) is 20.2 Å². The topological polar surface area (TPSA) is 67.3 Å². The predicted octanol–water partition coefficient (Wildman–Crippen LogP) is 3.66. The summed E-state index contributed by atoms with van der Waals surface area (Å²) in [5, 5.41) is 3.50. The Morgan fingerprint density at radius 2 is 1.96 bits per heavy atom. The van der Waals surface area contributed by atoms with Crippen LogP contribution in [0.1, 0.15) is 47.1 Å². The zero-order valence-electron chi connectivity index (χ0n) is 16.0. The molecule has 3 heterocycles. The summed E-state index contributed by atoms with van der Waals surface area (Å²) in [6.45, 7) is 5.65. The molecule has 2 aromatic rings. The van der Waals surface area contributed by atoms with Crippen LogP contribution in [-0.4, -0.2) is 53.1 Å². The second-order valence-corrected chi connectivity index (χ2v) is 7.95. The van der Waals surface area contributed by atoms with Crippen molar-refractivity contribution in [3.8, 4) is 0 Å². The minimum absolute atomic E-state index is 0.207. The van der Waals surface area contributed by atoms with Crippen molar-refractivity contribution < 1.29 is 9.53 Å². The van der Waals surface area contributed by atoms with E-state index in [1.54, 1.807) is 30.5 Å². The number of carbonyl (C=O) groups is 1. The third-order valence-electron chi connectivity index (χ3n) is 5.64. The molecule has 0 saturated carbocycles. The van der Waals surface area contributed by atoms with Crippen LogP contribution >= 0.6 is 11.6 Å². The molecule has 0 aliphatic carbocycles. The Morgan fingerprint density at radius 3 is 2.68 bits per heavy atom. The van der Waals surface area contributed by atoms with Crippen molar-refractivity contribution in [2.24, 2.45) is 0 Å². The molecule has 0 bridgehead atoms. The number of ether oxygens (including phenoxy) is 1. The fraction of sp³-hybridized carbons (Fsp3) is 0.476. The van der Waals surface area contributed by atoms with Gasteiger partial charge in [-0.3, -0.25) is 9.69 Å². The molecule has 1 aromatic heterocycles. The highest BCUT2D eigenvalue weighted by atomic mass is 35.5. The molecule has 2 saturated heterocycles. The number of rotatable bonds is 4. The van der Waals surface area contributed by atoms with Crippen LogP contribution in [0.5, 0.6) is 0 Å². The summed E-state index contributed by atoms with van der Waals surface area (Å²) in [6.07, 6.45) is 4.93. The van der Waals surface area contributed by atoms with Gasteiger partial charge in [-0.1, -0.05) is 11.6 Å². The van der Waals surface area contributed by atoms with Crippen LogP contribution in [0.15, 0.2) is 30.5 Å². The van der Waals surface area contributed by atoms with Gasteiger partial charge >= 0.3 is 0 Å². The second kappa shape index (κ2) is 8.55. The Morgan fingerprint density at radius 1 is 1.21 bits per heavy atom. The lowest BCUT2D eigenvalue weighted by Crippen LogP contribution is -2.37. The first-order valence-corrected chi connectivity index (χ1v) is 10.2. The number of anilines is 1. The van der Waals surface area contributed by atoms with Crippen molar-refractivity contribution in [3.63, 3.8) is 0 Å². The lowest BCUT2D eigenvalue weighted by molar-refractivity contribution is 0.0419. The van der Waals surface area contributed by atoms with Gasteiger partial charge in [0, 0.05) is 48.6 Å². The van der Waals surface area contributed by atoms with Crippen molar-refractivity contribution >= 4 is 23.2 Å². The number of carbonyl (C=O) groups excluding carboxylic acids is 1. The number of aryl methyl sites for hydroxylation is 1. The molecule has 0 radical (unpaired) electrons. The molecule has 7 heteroatoms. The van der Waals surface area contributed by atoms with Crippen molar-refractivity contribution in [2.45, 2.75) is 38.1 Å². The zero-order valence-corrected chi connectivity index (χ0v) is 16.8. The maximum atomic E-state index is 12.6. The normalized spacial score (nSPS) is 21.0. The van der Waals surface area contributed by atoms with Crippen LogP contribution in [0.4, 0.5) is 5.69 Å². The molecular formula is C21H25ClN4O2. The number of benzene rings is 1. The highest BCUT2D eigenvalue weighted by Gasteiger charge is 2.31. The third kappa shape index (κ3) is 4.35. The van der Waals surface area contributed by atoms with Gasteiger partial charge < -0.3 is 10.1 Å². The number of hydrogen-bond acceptors (Lipinski definition) is 5. The third-order valence-corrected chi connectivity index (χ3v) is 5.89. The maximum Gasteiger partial charge on any atom is 0.259 e. The second-order valence-electron chi connectivity index (χ2n) is 7.51.